The second kappa shape index (κ2) is 6.87. The minimum Gasteiger partial charge on any atom is -0.384 e. The maximum atomic E-state index is 5.25. The van der Waals surface area contributed by atoms with Crippen molar-refractivity contribution in [3.8, 4) is 0 Å². The van der Waals surface area contributed by atoms with Crippen LogP contribution in [0.2, 0.25) is 0 Å². The van der Waals surface area contributed by atoms with Gasteiger partial charge in [0.2, 0.25) is 0 Å². The fourth-order valence-corrected chi connectivity index (χ4v) is 2.72. The van der Waals surface area contributed by atoms with Crippen LogP contribution < -0.4 is 10.2 Å². The van der Waals surface area contributed by atoms with Crippen molar-refractivity contribution in [2.24, 2.45) is 5.92 Å². The van der Waals surface area contributed by atoms with Crippen LogP contribution in [0.5, 0.6) is 0 Å². The molecule has 4 heteroatoms. The predicted molar refractivity (Wildman–Crippen MR) is 78.6 cm³/mol. The number of methoxy groups -OCH3 is 1. The molecule has 1 atom stereocenters. The van der Waals surface area contributed by atoms with Gasteiger partial charge in [-0.15, -0.1) is 0 Å². The Labute approximate surface area is 116 Å². The molecule has 4 nitrogen and oxygen atoms in total. The normalized spacial score (nSPS) is 19.1. The molecule has 2 heterocycles. The van der Waals surface area contributed by atoms with Gasteiger partial charge in [-0.2, -0.15) is 0 Å². The van der Waals surface area contributed by atoms with Crippen molar-refractivity contribution < 1.29 is 4.74 Å². The van der Waals surface area contributed by atoms with Crippen LogP contribution in [-0.4, -0.2) is 38.3 Å². The highest BCUT2D eigenvalue weighted by molar-refractivity contribution is 5.48. The highest BCUT2D eigenvalue weighted by atomic mass is 16.5. The third kappa shape index (κ3) is 3.67. The van der Waals surface area contributed by atoms with Crippen molar-refractivity contribution in [2.75, 3.05) is 38.3 Å². The number of nitrogens with one attached hydrogen (secondary N) is 1. The van der Waals surface area contributed by atoms with E-state index in [2.05, 4.69) is 35.1 Å². The van der Waals surface area contributed by atoms with E-state index in [0.717, 1.165) is 38.6 Å². The SMILES string of the molecule is CCNCc1cnc(N2CCC(COC)C2)c(C)c1. The van der Waals surface area contributed by atoms with E-state index in [1.54, 1.807) is 7.11 Å². The molecule has 1 saturated heterocycles. The summed E-state index contributed by atoms with van der Waals surface area (Å²) in [4.78, 5) is 7.04. The molecule has 0 bridgehead atoms. The molecule has 0 amide bonds. The van der Waals surface area contributed by atoms with Crippen LogP contribution in [0.15, 0.2) is 12.3 Å². The first-order valence-corrected chi connectivity index (χ1v) is 7.14. The van der Waals surface area contributed by atoms with Crippen molar-refractivity contribution in [2.45, 2.75) is 26.8 Å². The number of hydrogen-bond donors (Lipinski definition) is 1. The summed E-state index contributed by atoms with van der Waals surface area (Å²) in [6.45, 7) is 9.18. The Bertz CT molecular complexity index is 408. The first kappa shape index (κ1) is 14.3. The fraction of sp³-hybridized carbons (Fsp3) is 0.667. The maximum absolute atomic E-state index is 5.25. The molecular formula is C15H25N3O. The Morgan fingerprint density at radius 1 is 1.53 bits per heavy atom. The lowest BCUT2D eigenvalue weighted by atomic mass is 10.1. The van der Waals surface area contributed by atoms with Crippen molar-refractivity contribution in [3.63, 3.8) is 0 Å². The predicted octanol–water partition coefficient (Wildman–Crippen LogP) is 1.97. The zero-order valence-corrected chi connectivity index (χ0v) is 12.3. The second-order valence-corrected chi connectivity index (χ2v) is 5.32. The van der Waals surface area contributed by atoms with Gasteiger partial charge >= 0.3 is 0 Å². The van der Waals surface area contributed by atoms with Crippen LogP contribution in [0.4, 0.5) is 5.82 Å². The zero-order chi connectivity index (χ0) is 13.7. The molecule has 1 fully saturated rings. The van der Waals surface area contributed by atoms with Crippen LogP contribution >= 0.6 is 0 Å². The van der Waals surface area contributed by atoms with Gasteiger partial charge in [0.1, 0.15) is 5.82 Å². The standard InChI is InChI=1S/C15H25N3O/c1-4-16-8-14-7-12(2)15(17-9-14)18-6-5-13(10-18)11-19-3/h7,9,13,16H,4-6,8,10-11H2,1-3H3. The first-order chi connectivity index (χ1) is 9.24. The average molecular weight is 263 g/mol. The summed E-state index contributed by atoms with van der Waals surface area (Å²) in [5.41, 5.74) is 2.53. The summed E-state index contributed by atoms with van der Waals surface area (Å²) < 4.78 is 5.25. The summed E-state index contributed by atoms with van der Waals surface area (Å²) in [5.74, 6) is 1.78. The second-order valence-electron chi connectivity index (χ2n) is 5.32. The van der Waals surface area contributed by atoms with E-state index in [4.69, 9.17) is 4.74 Å². The number of anilines is 1. The number of aromatic nitrogens is 1. The Morgan fingerprint density at radius 3 is 3.05 bits per heavy atom. The maximum Gasteiger partial charge on any atom is 0.131 e. The molecule has 0 saturated carbocycles. The van der Waals surface area contributed by atoms with E-state index in [1.165, 1.54) is 17.5 Å². The molecule has 0 aliphatic carbocycles. The van der Waals surface area contributed by atoms with Gasteiger partial charge in [-0.1, -0.05) is 6.92 Å². The molecule has 1 aliphatic rings. The van der Waals surface area contributed by atoms with Crippen LogP contribution in [-0.2, 0) is 11.3 Å². The lowest BCUT2D eigenvalue weighted by Gasteiger charge is -2.20. The van der Waals surface area contributed by atoms with Gasteiger partial charge in [0.15, 0.2) is 0 Å². The monoisotopic (exact) mass is 263 g/mol. The Morgan fingerprint density at radius 2 is 2.37 bits per heavy atom. The van der Waals surface area contributed by atoms with Gasteiger partial charge < -0.3 is 15.0 Å². The van der Waals surface area contributed by atoms with Crippen LogP contribution in [0.1, 0.15) is 24.5 Å². The molecular weight excluding hydrogens is 238 g/mol. The Balaban J connectivity index is 2.01. The number of pyridine rings is 1. The van der Waals surface area contributed by atoms with Crippen molar-refractivity contribution in [3.05, 3.63) is 23.4 Å². The topological polar surface area (TPSA) is 37.4 Å². The van der Waals surface area contributed by atoms with Gasteiger partial charge in [-0.3, -0.25) is 0 Å². The van der Waals surface area contributed by atoms with Crippen molar-refractivity contribution in [1.29, 1.82) is 0 Å². The fourth-order valence-electron chi connectivity index (χ4n) is 2.72. The largest absolute Gasteiger partial charge is 0.384 e. The van der Waals surface area contributed by atoms with E-state index in [9.17, 15) is 0 Å². The molecule has 1 unspecified atom stereocenters. The van der Waals surface area contributed by atoms with Crippen LogP contribution in [0, 0.1) is 12.8 Å². The van der Waals surface area contributed by atoms with Gasteiger partial charge in [-0.05, 0) is 37.1 Å². The van der Waals surface area contributed by atoms with Crippen LogP contribution in [0.3, 0.4) is 0 Å². The highest BCUT2D eigenvalue weighted by Crippen LogP contribution is 2.25. The molecule has 0 spiro atoms. The molecule has 1 N–H and O–H groups in total. The smallest absolute Gasteiger partial charge is 0.131 e. The molecule has 0 radical (unpaired) electrons. The van der Waals surface area contributed by atoms with Gasteiger partial charge in [-0.25, -0.2) is 4.98 Å². The minimum absolute atomic E-state index is 0.646. The summed E-state index contributed by atoms with van der Waals surface area (Å²) in [6.07, 6.45) is 3.20. The lowest BCUT2D eigenvalue weighted by molar-refractivity contribution is 0.161. The zero-order valence-electron chi connectivity index (χ0n) is 12.3. The molecule has 1 aliphatic heterocycles. The molecule has 106 valence electrons. The summed E-state index contributed by atoms with van der Waals surface area (Å²) in [7, 11) is 1.78. The first-order valence-electron chi connectivity index (χ1n) is 7.14. The molecule has 2 rings (SSSR count). The van der Waals surface area contributed by atoms with E-state index < -0.39 is 0 Å². The minimum atomic E-state index is 0.646. The number of nitrogens with zero attached hydrogens (tertiary/aromatic N) is 2. The lowest BCUT2D eigenvalue weighted by Crippen LogP contribution is -2.23. The number of hydrogen-bond acceptors (Lipinski definition) is 4. The highest BCUT2D eigenvalue weighted by Gasteiger charge is 2.24. The Hall–Kier alpha value is -1.13. The number of rotatable bonds is 6. The molecule has 1 aromatic heterocycles. The van der Waals surface area contributed by atoms with Crippen LogP contribution in [0.25, 0.3) is 0 Å². The van der Waals surface area contributed by atoms with Gasteiger partial charge in [0, 0.05) is 38.9 Å². The Kier molecular flexibility index (Phi) is 5.16. The van der Waals surface area contributed by atoms with E-state index in [-0.39, 0.29) is 0 Å². The van der Waals surface area contributed by atoms with Crippen molar-refractivity contribution >= 4 is 5.82 Å². The van der Waals surface area contributed by atoms with E-state index in [0.29, 0.717) is 5.92 Å². The number of aryl methyl sites for hydroxylation is 1. The number of ether oxygens (including phenoxy) is 1. The van der Waals surface area contributed by atoms with Gasteiger partial charge in [0.05, 0.1) is 6.61 Å². The summed E-state index contributed by atoms with van der Waals surface area (Å²) >= 11 is 0. The molecule has 19 heavy (non-hydrogen) atoms. The third-order valence-corrected chi connectivity index (χ3v) is 3.67. The van der Waals surface area contributed by atoms with E-state index in [1.807, 2.05) is 6.20 Å². The quantitative estimate of drug-likeness (QED) is 0.851. The average Bonchev–Trinajstić information content (AvgIpc) is 2.85. The van der Waals surface area contributed by atoms with E-state index >= 15 is 0 Å². The summed E-state index contributed by atoms with van der Waals surface area (Å²) in [6, 6.07) is 2.24. The molecule has 1 aromatic rings. The third-order valence-electron chi connectivity index (χ3n) is 3.67. The molecule has 0 aromatic carbocycles. The summed E-state index contributed by atoms with van der Waals surface area (Å²) in [5, 5.41) is 3.33. The van der Waals surface area contributed by atoms with Crippen molar-refractivity contribution in [1.82, 2.24) is 10.3 Å². The van der Waals surface area contributed by atoms with Gasteiger partial charge in [0.25, 0.3) is 0 Å².